The Morgan fingerprint density at radius 3 is 2.66 bits per heavy atom. The molecule has 1 aromatic heterocycles. The fraction of sp³-hybridized carbons (Fsp3) is 0.333. The molecule has 29 heavy (non-hydrogen) atoms. The molecule has 2 heterocycles. The van der Waals surface area contributed by atoms with Gasteiger partial charge in [0, 0.05) is 24.8 Å². The lowest BCUT2D eigenvalue weighted by molar-refractivity contribution is -0.120. The van der Waals surface area contributed by atoms with Crippen LogP contribution >= 0.6 is 23.1 Å². The summed E-state index contributed by atoms with van der Waals surface area (Å²) in [6.07, 6.45) is 2.63. The first kappa shape index (κ1) is 21.4. The molecule has 1 aliphatic heterocycles. The number of anilines is 1. The zero-order chi connectivity index (χ0) is 20.9. The maximum atomic E-state index is 12.8. The van der Waals surface area contributed by atoms with E-state index in [0.717, 1.165) is 10.1 Å². The molecule has 1 fully saturated rings. The van der Waals surface area contributed by atoms with Gasteiger partial charge < -0.3 is 5.32 Å². The topological polar surface area (TPSA) is 116 Å². The summed E-state index contributed by atoms with van der Waals surface area (Å²) in [5.41, 5.74) is 0.405. The average molecular weight is 450 g/mol. The molecule has 1 amide bonds. The van der Waals surface area contributed by atoms with E-state index in [1.807, 2.05) is 6.07 Å². The summed E-state index contributed by atoms with van der Waals surface area (Å²) in [7, 11) is -3.64. The molecular formula is C18H19N5O3S3. The van der Waals surface area contributed by atoms with Gasteiger partial charge in [0.2, 0.25) is 21.1 Å². The first-order valence-corrected chi connectivity index (χ1v) is 12.1. The van der Waals surface area contributed by atoms with Crippen LogP contribution in [0.2, 0.25) is 0 Å². The molecule has 1 N–H and O–H groups in total. The second-order valence-corrected chi connectivity index (χ2v) is 10.5. The number of rotatable bonds is 7. The number of piperidine rings is 1. The Balaban J connectivity index is 1.56. The maximum absolute atomic E-state index is 12.8. The van der Waals surface area contributed by atoms with Gasteiger partial charge in [0.05, 0.1) is 16.5 Å². The van der Waals surface area contributed by atoms with Crippen molar-refractivity contribution < 1.29 is 13.2 Å². The predicted octanol–water partition coefficient (Wildman–Crippen LogP) is 2.73. The molecule has 1 saturated heterocycles. The van der Waals surface area contributed by atoms with E-state index in [9.17, 15) is 13.2 Å². The van der Waals surface area contributed by atoms with Crippen molar-refractivity contribution in [1.29, 1.82) is 5.26 Å². The van der Waals surface area contributed by atoms with Gasteiger partial charge in [0.25, 0.3) is 0 Å². The Kier molecular flexibility index (Phi) is 7.02. The van der Waals surface area contributed by atoms with Gasteiger partial charge in [-0.15, -0.1) is 16.8 Å². The van der Waals surface area contributed by atoms with E-state index >= 15 is 0 Å². The Morgan fingerprint density at radius 1 is 1.34 bits per heavy atom. The quantitative estimate of drug-likeness (QED) is 0.392. The summed E-state index contributed by atoms with van der Waals surface area (Å²) in [6, 6.07) is 7.80. The smallest absolute Gasteiger partial charge is 0.243 e. The Hall–Kier alpha value is -2.26. The summed E-state index contributed by atoms with van der Waals surface area (Å²) in [5, 5.41) is 20.0. The Labute approximate surface area is 177 Å². The number of hydrogen-bond donors (Lipinski definition) is 1. The van der Waals surface area contributed by atoms with Crippen molar-refractivity contribution >= 4 is 44.2 Å². The Bertz CT molecular complexity index is 1020. The molecule has 1 aliphatic rings. The highest BCUT2D eigenvalue weighted by atomic mass is 32.2. The van der Waals surface area contributed by atoms with Crippen molar-refractivity contribution in [3.63, 3.8) is 0 Å². The number of thioether (sulfide) groups is 1. The van der Waals surface area contributed by atoms with E-state index in [4.69, 9.17) is 5.26 Å². The molecule has 1 aromatic carbocycles. The highest BCUT2D eigenvalue weighted by Gasteiger charge is 2.32. The number of hydrogen-bond acceptors (Lipinski definition) is 8. The third kappa shape index (κ3) is 5.22. The molecular weight excluding hydrogens is 430 g/mol. The number of carbonyl (C=O) groups is 1. The van der Waals surface area contributed by atoms with Crippen LogP contribution in [-0.4, -0.2) is 47.7 Å². The second-order valence-electron chi connectivity index (χ2n) is 6.28. The molecule has 0 saturated carbocycles. The van der Waals surface area contributed by atoms with E-state index < -0.39 is 10.0 Å². The molecule has 8 nitrogen and oxygen atoms in total. The molecule has 0 aliphatic carbocycles. The Morgan fingerprint density at radius 2 is 2.03 bits per heavy atom. The van der Waals surface area contributed by atoms with Crippen LogP contribution in [0.25, 0.3) is 0 Å². The van der Waals surface area contributed by atoms with E-state index in [-0.39, 0.29) is 29.8 Å². The van der Waals surface area contributed by atoms with Gasteiger partial charge >= 0.3 is 0 Å². The highest BCUT2D eigenvalue weighted by Crippen LogP contribution is 2.28. The molecule has 3 rings (SSSR count). The zero-order valence-corrected chi connectivity index (χ0v) is 17.9. The lowest BCUT2D eigenvalue weighted by Crippen LogP contribution is -2.41. The SMILES string of the molecule is C=CCSc1nnc(NC(=O)C2CCN(S(=O)(=O)c3ccc(C#N)cc3)CC2)s1. The summed E-state index contributed by atoms with van der Waals surface area (Å²) in [4.78, 5) is 12.6. The summed E-state index contributed by atoms with van der Waals surface area (Å²) in [5.74, 6) is 0.266. The number of nitrogens with zero attached hydrogens (tertiary/aromatic N) is 4. The summed E-state index contributed by atoms with van der Waals surface area (Å²) >= 11 is 2.79. The lowest BCUT2D eigenvalue weighted by atomic mass is 9.97. The van der Waals surface area contributed by atoms with Crippen LogP contribution in [0.4, 0.5) is 5.13 Å². The van der Waals surface area contributed by atoms with Crippen LogP contribution in [0, 0.1) is 17.2 Å². The molecule has 11 heteroatoms. The molecule has 0 unspecified atom stereocenters. The van der Waals surface area contributed by atoms with Crippen LogP contribution in [0.15, 0.2) is 46.2 Å². The number of nitrogens with one attached hydrogen (secondary N) is 1. The van der Waals surface area contributed by atoms with E-state index in [1.54, 1.807) is 6.08 Å². The third-order valence-electron chi connectivity index (χ3n) is 4.41. The van der Waals surface area contributed by atoms with Gasteiger partial charge in [0.15, 0.2) is 4.34 Å². The monoisotopic (exact) mass is 449 g/mol. The molecule has 0 radical (unpaired) electrons. The predicted molar refractivity (Wildman–Crippen MR) is 112 cm³/mol. The van der Waals surface area contributed by atoms with Gasteiger partial charge in [-0.05, 0) is 37.1 Å². The van der Waals surface area contributed by atoms with Crippen molar-refractivity contribution in [2.24, 2.45) is 5.92 Å². The fourth-order valence-electron chi connectivity index (χ4n) is 2.87. The van der Waals surface area contributed by atoms with Crippen molar-refractivity contribution in [2.45, 2.75) is 22.1 Å². The summed E-state index contributed by atoms with van der Waals surface area (Å²) < 4.78 is 27.7. The molecule has 2 aromatic rings. The van der Waals surface area contributed by atoms with Gasteiger partial charge in [-0.25, -0.2) is 8.42 Å². The average Bonchev–Trinajstić information content (AvgIpc) is 3.19. The minimum absolute atomic E-state index is 0.151. The van der Waals surface area contributed by atoms with Crippen molar-refractivity contribution in [2.75, 3.05) is 24.2 Å². The van der Waals surface area contributed by atoms with Gasteiger partial charge in [-0.1, -0.05) is 29.2 Å². The number of amides is 1. The largest absolute Gasteiger partial charge is 0.300 e. The summed E-state index contributed by atoms with van der Waals surface area (Å²) in [6.45, 7) is 4.17. The van der Waals surface area contributed by atoms with Gasteiger partial charge in [-0.2, -0.15) is 9.57 Å². The van der Waals surface area contributed by atoms with Crippen LogP contribution in [-0.2, 0) is 14.8 Å². The molecule has 152 valence electrons. The number of nitriles is 1. The minimum atomic E-state index is -3.64. The first-order valence-electron chi connectivity index (χ1n) is 8.82. The zero-order valence-electron chi connectivity index (χ0n) is 15.4. The molecule has 0 atom stereocenters. The number of carbonyl (C=O) groups excluding carboxylic acids is 1. The second kappa shape index (κ2) is 9.49. The minimum Gasteiger partial charge on any atom is -0.300 e. The normalized spacial score (nSPS) is 15.6. The lowest BCUT2D eigenvalue weighted by Gasteiger charge is -2.30. The van der Waals surface area contributed by atoms with Crippen LogP contribution in [0.5, 0.6) is 0 Å². The van der Waals surface area contributed by atoms with E-state index in [0.29, 0.717) is 23.5 Å². The standard InChI is InChI=1S/C18H19N5O3S3/c1-2-11-27-18-22-21-17(28-18)20-16(24)14-7-9-23(10-8-14)29(25,26)15-5-3-13(12-19)4-6-15/h2-6,14H,1,7-11H2,(H,20,21,24). The number of benzene rings is 1. The van der Waals surface area contributed by atoms with Crippen molar-refractivity contribution in [3.8, 4) is 6.07 Å². The van der Waals surface area contributed by atoms with Gasteiger partial charge in [0.1, 0.15) is 0 Å². The van der Waals surface area contributed by atoms with Crippen LogP contribution < -0.4 is 5.32 Å². The molecule has 0 spiro atoms. The number of sulfonamides is 1. The maximum Gasteiger partial charge on any atom is 0.243 e. The van der Waals surface area contributed by atoms with Crippen molar-refractivity contribution in [3.05, 3.63) is 42.5 Å². The van der Waals surface area contributed by atoms with E-state index in [2.05, 4.69) is 22.1 Å². The first-order chi connectivity index (χ1) is 13.9. The highest BCUT2D eigenvalue weighted by molar-refractivity contribution is 8.01. The van der Waals surface area contributed by atoms with E-state index in [1.165, 1.54) is 51.7 Å². The van der Waals surface area contributed by atoms with Gasteiger partial charge in [-0.3, -0.25) is 4.79 Å². The third-order valence-corrected chi connectivity index (χ3v) is 8.29. The van der Waals surface area contributed by atoms with Crippen molar-refractivity contribution in [1.82, 2.24) is 14.5 Å². The number of aromatic nitrogens is 2. The van der Waals surface area contributed by atoms with Crippen LogP contribution in [0.3, 0.4) is 0 Å². The van der Waals surface area contributed by atoms with Crippen LogP contribution in [0.1, 0.15) is 18.4 Å². The molecule has 0 bridgehead atoms. The fourth-order valence-corrected chi connectivity index (χ4v) is 5.85.